The van der Waals surface area contributed by atoms with E-state index in [1.807, 2.05) is 6.07 Å². The highest BCUT2D eigenvalue weighted by molar-refractivity contribution is 5.99. The maximum atomic E-state index is 12.5. The molecule has 2 aromatic carbocycles. The third kappa shape index (κ3) is 4.75. The van der Waals surface area contributed by atoms with Gasteiger partial charge in [0.1, 0.15) is 5.75 Å². The van der Waals surface area contributed by atoms with Crippen molar-refractivity contribution in [2.45, 2.75) is 12.5 Å². The lowest BCUT2D eigenvalue weighted by Gasteiger charge is -2.26. The summed E-state index contributed by atoms with van der Waals surface area (Å²) in [6, 6.07) is 11.0. The first-order valence-electron chi connectivity index (χ1n) is 10.3. The first-order chi connectivity index (χ1) is 16.0. The SMILES string of the molecule is COc1cc(N(C(N)=O)c2cccc(C(NC(=O)O)C3CCOC3)c2)ccc1-c1cnco1. The van der Waals surface area contributed by atoms with E-state index in [9.17, 15) is 14.7 Å². The van der Waals surface area contributed by atoms with Gasteiger partial charge in [-0.05, 0) is 36.2 Å². The number of oxazole rings is 1. The van der Waals surface area contributed by atoms with E-state index in [1.54, 1.807) is 42.6 Å². The van der Waals surface area contributed by atoms with E-state index in [-0.39, 0.29) is 5.92 Å². The highest BCUT2D eigenvalue weighted by atomic mass is 16.5. The minimum Gasteiger partial charge on any atom is -0.496 e. The van der Waals surface area contributed by atoms with E-state index in [0.29, 0.717) is 47.2 Å². The van der Waals surface area contributed by atoms with E-state index >= 15 is 0 Å². The lowest BCUT2D eigenvalue weighted by atomic mass is 9.92. The molecule has 1 fully saturated rings. The molecule has 0 radical (unpaired) electrons. The molecule has 0 saturated carbocycles. The summed E-state index contributed by atoms with van der Waals surface area (Å²) in [5.74, 6) is 0.979. The number of methoxy groups -OCH3 is 1. The number of carboxylic acid groups (broad SMARTS) is 1. The van der Waals surface area contributed by atoms with Crippen LogP contribution < -0.4 is 20.7 Å². The molecule has 1 aliphatic heterocycles. The summed E-state index contributed by atoms with van der Waals surface area (Å²) in [5, 5.41) is 11.9. The Morgan fingerprint density at radius 1 is 1.27 bits per heavy atom. The summed E-state index contributed by atoms with van der Waals surface area (Å²) >= 11 is 0. The zero-order chi connectivity index (χ0) is 23.4. The highest BCUT2D eigenvalue weighted by Crippen LogP contribution is 2.37. The molecule has 1 aromatic heterocycles. The van der Waals surface area contributed by atoms with Gasteiger partial charge in [-0.15, -0.1) is 0 Å². The normalized spacial score (nSPS) is 16.2. The number of ether oxygens (including phenoxy) is 2. The molecular formula is C23H24N4O6. The van der Waals surface area contributed by atoms with Crippen molar-refractivity contribution in [3.63, 3.8) is 0 Å². The van der Waals surface area contributed by atoms with Crippen LogP contribution in [0.2, 0.25) is 0 Å². The first kappa shape index (κ1) is 22.2. The van der Waals surface area contributed by atoms with Gasteiger partial charge in [0.05, 0.1) is 42.9 Å². The van der Waals surface area contributed by atoms with Gasteiger partial charge in [-0.2, -0.15) is 0 Å². The maximum absolute atomic E-state index is 12.5. The van der Waals surface area contributed by atoms with Crippen LogP contribution in [0.15, 0.2) is 59.5 Å². The van der Waals surface area contributed by atoms with Crippen LogP contribution in [0, 0.1) is 5.92 Å². The standard InChI is InChI=1S/C23H24N4O6/c1-31-19-10-17(5-6-18(19)20-11-25-13-33-20)27(22(24)28)16-4-2-3-14(9-16)21(26-23(29)30)15-7-8-32-12-15/h2-6,9-11,13,15,21,26H,7-8,12H2,1H3,(H2,24,28)(H,29,30). The molecule has 2 unspecified atom stereocenters. The largest absolute Gasteiger partial charge is 0.496 e. The monoisotopic (exact) mass is 452 g/mol. The van der Waals surface area contributed by atoms with Crippen LogP contribution >= 0.6 is 0 Å². The molecule has 2 heterocycles. The van der Waals surface area contributed by atoms with Crippen LogP contribution in [0.5, 0.6) is 5.75 Å². The lowest BCUT2D eigenvalue weighted by molar-refractivity contribution is 0.166. The first-order valence-corrected chi connectivity index (χ1v) is 10.3. The predicted molar refractivity (Wildman–Crippen MR) is 119 cm³/mol. The third-order valence-electron chi connectivity index (χ3n) is 5.56. The number of aromatic nitrogens is 1. The van der Waals surface area contributed by atoms with Crippen LogP contribution in [0.25, 0.3) is 11.3 Å². The van der Waals surface area contributed by atoms with Gasteiger partial charge in [0.2, 0.25) is 0 Å². The number of nitrogens with two attached hydrogens (primary N) is 1. The fourth-order valence-corrected chi connectivity index (χ4v) is 4.05. The fraction of sp³-hybridized carbons (Fsp3) is 0.261. The van der Waals surface area contributed by atoms with Crippen LogP contribution in [0.1, 0.15) is 18.0 Å². The van der Waals surface area contributed by atoms with Gasteiger partial charge in [0.15, 0.2) is 12.2 Å². The Balaban J connectivity index is 1.71. The number of hydrogen-bond donors (Lipinski definition) is 3. The molecule has 4 rings (SSSR count). The molecule has 3 amide bonds. The van der Waals surface area contributed by atoms with Crippen molar-refractivity contribution in [1.82, 2.24) is 10.3 Å². The topological polar surface area (TPSA) is 140 Å². The molecule has 0 spiro atoms. The summed E-state index contributed by atoms with van der Waals surface area (Å²) in [6.45, 7) is 1.03. The minimum absolute atomic E-state index is 0.0142. The van der Waals surface area contributed by atoms with Gasteiger partial charge in [-0.1, -0.05) is 12.1 Å². The van der Waals surface area contributed by atoms with Gasteiger partial charge in [0, 0.05) is 18.6 Å². The average molecular weight is 452 g/mol. The Morgan fingerprint density at radius 3 is 2.73 bits per heavy atom. The van der Waals surface area contributed by atoms with E-state index in [0.717, 1.165) is 6.42 Å². The average Bonchev–Trinajstić information content (AvgIpc) is 3.52. The summed E-state index contributed by atoms with van der Waals surface area (Å²) in [6.07, 6.45) is 2.49. The molecule has 10 heteroatoms. The number of urea groups is 1. The number of anilines is 2. The zero-order valence-corrected chi connectivity index (χ0v) is 17.9. The number of nitrogens with one attached hydrogen (secondary N) is 1. The highest BCUT2D eigenvalue weighted by Gasteiger charge is 2.29. The zero-order valence-electron chi connectivity index (χ0n) is 17.9. The maximum Gasteiger partial charge on any atom is 0.405 e. The van der Waals surface area contributed by atoms with Crippen molar-refractivity contribution in [2.75, 3.05) is 25.2 Å². The quantitative estimate of drug-likeness (QED) is 0.494. The lowest BCUT2D eigenvalue weighted by Crippen LogP contribution is -2.34. The number of primary amides is 1. The Labute approximate surface area is 189 Å². The number of carbonyl (C=O) groups is 2. The Kier molecular flexibility index (Phi) is 6.45. The molecule has 0 bridgehead atoms. The van der Waals surface area contributed by atoms with Crippen molar-refractivity contribution in [2.24, 2.45) is 11.7 Å². The Hall–Kier alpha value is -4.05. The third-order valence-corrected chi connectivity index (χ3v) is 5.56. The van der Waals surface area contributed by atoms with Crippen molar-refractivity contribution >= 4 is 23.5 Å². The molecule has 172 valence electrons. The van der Waals surface area contributed by atoms with E-state index in [1.165, 1.54) is 18.4 Å². The molecule has 4 N–H and O–H groups in total. The summed E-state index contributed by atoms with van der Waals surface area (Å²) in [4.78, 5) is 29.2. The van der Waals surface area contributed by atoms with Crippen molar-refractivity contribution < 1.29 is 28.6 Å². The van der Waals surface area contributed by atoms with Gasteiger partial charge >= 0.3 is 12.1 Å². The smallest absolute Gasteiger partial charge is 0.405 e. The van der Waals surface area contributed by atoms with E-state index in [4.69, 9.17) is 19.6 Å². The fourth-order valence-electron chi connectivity index (χ4n) is 4.05. The van der Waals surface area contributed by atoms with E-state index < -0.39 is 18.2 Å². The van der Waals surface area contributed by atoms with Crippen molar-refractivity contribution in [3.05, 3.63) is 60.6 Å². The molecule has 3 aromatic rings. The van der Waals surface area contributed by atoms with Gasteiger partial charge in [0.25, 0.3) is 0 Å². The van der Waals surface area contributed by atoms with E-state index in [2.05, 4.69) is 10.3 Å². The van der Waals surface area contributed by atoms with Gasteiger partial charge in [-0.3, -0.25) is 4.90 Å². The van der Waals surface area contributed by atoms with Crippen molar-refractivity contribution in [3.8, 4) is 17.1 Å². The molecule has 0 aliphatic carbocycles. The van der Waals surface area contributed by atoms with Crippen LogP contribution in [0.4, 0.5) is 21.0 Å². The molecule has 2 atom stereocenters. The second-order valence-corrected chi connectivity index (χ2v) is 7.57. The van der Waals surface area contributed by atoms with Crippen molar-refractivity contribution in [1.29, 1.82) is 0 Å². The number of nitrogens with zero attached hydrogens (tertiary/aromatic N) is 2. The number of carbonyl (C=O) groups excluding carboxylic acids is 1. The van der Waals surface area contributed by atoms with Crippen LogP contribution in [-0.4, -0.2) is 42.5 Å². The van der Waals surface area contributed by atoms with Crippen LogP contribution in [-0.2, 0) is 4.74 Å². The minimum atomic E-state index is -1.13. The summed E-state index contributed by atoms with van der Waals surface area (Å²) < 4.78 is 16.3. The van der Waals surface area contributed by atoms with Crippen LogP contribution in [0.3, 0.4) is 0 Å². The molecule has 10 nitrogen and oxygen atoms in total. The molecule has 1 aliphatic rings. The second kappa shape index (κ2) is 9.61. The van der Waals surface area contributed by atoms with Gasteiger partial charge in [-0.25, -0.2) is 14.6 Å². The second-order valence-electron chi connectivity index (χ2n) is 7.57. The van der Waals surface area contributed by atoms with Gasteiger partial charge < -0.3 is 30.0 Å². The summed E-state index contributed by atoms with van der Waals surface area (Å²) in [5.41, 5.74) is 8.09. The molecule has 33 heavy (non-hydrogen) atoms. The number of amides is 3. The predicted octanol–water partition coefficient (Wildman–Crippen LogP) is 3.91. The molecular weight excluding hydrogens is 428 g/mol. The summed E-state index contributed by atoms with van der Waals surface area (Å²) in [7, 11) is 1.51. The number of hydrogen-bond acceptors (Lipinski definition) is 6. The Bertz CT molecular complexity index is 1130. The Morgan fingerprint density at radius 2 is 2.09 bits per heavy atom. The number of benzene rings is 2. The number of rotatable bonds is 7. The molecule has 1 saturated heterocycles.